The minimum Gasteiger partial charge on any atom is -0.497 e. The number of piperazine rings is 1. The van der Waals surface area contributed by atoms with Gasteiger partial charge in [0.1, 0.15) is 11.5 Å². The number of aromatic nitrogens is 2. The van der Waals surface area contributed by atoms with Gasteiger partial charge in [-0.15, -0.1) is 0 Å². The molecule has 2 heterocycles. The first-order chi connectivity index (χ1) is 19.6. The van der Waals surface area contributed by atoms with Gasteiger partial charge in [0.15, 0.2) is 12.3 Å². The number of rotatable bonds is 9. The zero-order valence-corrected chi connectivity index (χ0v) is 22.7. The minimum atomic E-state index is -0.464. The highest BCUT2D eigenvalue weighted by Gasteiger charge is 2.22. The average molecular weight is 541 g/mol. The number of methoxy groups -OCH3 is 1. The summed E-state index contributed by atoms with van der Waals surface area (Å²) in [5.41, 5.74) is 3.79. The van der Waals surface area contributed by atoms with Crippen LogP contribution in [-0.4, -0.2) is 73.1 Å². The predicted octanol–water partition coefficient (Wildman–Crippen LogP) is 4.45. The molecule has 1 fully saturated rings. The van der Waals surface area contributed by atoms with E-state index in [-0.39, 0.29) is 24.8 Å². The number of anilines is 1. The number of hydrogen-bond donors (Lipinski definition) is 0. The normalized spacial score (nSPS) is 13.2. The molecule has 40 heavy (non-hydrogen) atoms. The Bertz CT molecular complexity index is 1430. The van der Waals surface area contributed by atoms with E-state index in [9.17, 15) is 9.59 Å². The molecule has 1 aliphatic heterocycles. The number of esters is 1. The van der Waals surface area contributed by atoms with Crippen LogP contribution in [0.25, 0.3) is 16.9 Å². The van der Waals surface area contributed by atoms with Gasteiger partial charge in [0.05, 0.1) is 25.1 Å². The summed E-state index contributed by atoms with van der Waals surface area (Å²) < 4.78 is 17.8. The third-order valence-electron chi connectivity index (χ3n) is 6.78. The van der Waals surface area contributed by atoms with Crippen LogP contribution < -0.4 is 14.4 Å². The molecule has 0 unspecified atom stereocenters. The summed E-state index contributed by atoms with van der Waals surface area (Å²) >= 11 is 0. The van der Waals surface area contributed by atoms with Crippen LogP contribution in [0.1, 0.15) is 17.4 Å². The van der Waals surface area contributed by atoms with Crippen LogP contribution in [0.3, 0.4) is 0 Å². The van der Waals surface area contributed by atoms with E-state index in [1.807, 2.05) is 71.6 Å². The molecule has 9 heteroatoms. The Balaban J connectivity index is 1.27. The van der Waals surface area contributed by atoms with Gasteiger partial charge in [0.2, 0.25) is 0 Å². The molecule has 1 saturated heterocycles. The molecule has 0 saturated carbocycles. The molecule has 1 amide bonds. The highest BCUT2D eigenvalue weighted by Crippen LogP contribution is 2.28. The van der Waals surface area contributed by atoms with Gasteiger partial charge in [0, 0.05) is 37.4 Å². The van der Waals surface area contributed by atoms with E-state index in [1.165, 1.54) is 0 Å². The summed E-state index contributed by atoms with van der Waals surface area (Å²) in [5.74, 6) is 0.951. The molecule has 0 atom stereocenters. The molecule has 0 spiro atoms. The minimum absolute atomic E-state index is 0.0111. The fraction of sp³-hybridized carbons (Fsp3) is 0.258. The molecular formula is C31H32N4O5. The number of carbonyl (C=O) groups is 2. The first kappa shape index (κ1) is 26.8. The van der Waals surface area contributed by atoms with Crippen molar-refractivity contribution in [2.75, 3.05) is 51.4 Å². The molecule has 3 aromatic carbocycles. The van der Waals surface area contributed by atoms with E-state index in [4.69, 9.17) is 14.2 Å². The zero-order valence-electron chi connectivity index (χ0n) is 22.7. The lowest BCUT2D eigenvalue weighted by molar-refractivity contribution is -0.133. The number of para-hydroxylation sites is 1. The van der Waals surface area contributed by atoms with E-state index in [0.717, 1.165) is 41.5 Å². The van der Waals surface area contributed by atoms with Crippen molar-refractivity contribution < 1.29 is 23.8 Å². The summed E-state index contributed by atoms with van der Waals surface area (Å²) in [4.78, 5) is 29.2. The highest BCUT2D eigenvalue weighted by molar-refractivity contribution is 5.89. The van der Waals surface area contributed by atoms with Crippen molar-refractivity contribution in [2.45, 2.75) is 6.92 Å². The Morgan fingerprint density at radius 3 is 2.15 bits per heavy atom. The third kappa shape index (κ3) is 6.09. The van der Waals surface area contributed by atoms with E-state index in [2.05, 4.69) is 22.1 Å². The van der Waals surface area contributed by atoms with Gasteiger partial charge >= 0.3 is 5.97 Å². The Kier molecular flexibility index (Phi) is 8.29. The summed E-state index contributed by atoms with van der Waals surface area (Å²) in [6.07, 6.45) is 0. The quantitative estimate of drug-likeness (QED) is 0.290. The Morgan fingerprint density at radius 1 is 0.825 bits per heavy atom. The lowest BCUT2D eigenvalue weighted by atomic mass is 10.1. The van der Waals surface area contributed by atoms with Gasteiger partial charge in [-0.3, -0.25) is 4.79 Å². The molecule has 4 aromatic rings. The van der Waals surface area contributed by atoms with E-state index >= 15 is 0 Å². The van der Waals surface area contributed by atoms with Crippen molar-refractivity contribution in [2.24, 2.45) is 0 Å². The topological polar surface area (TPSA) is 86.1 Å². The first-order valence-corrected chi connectivity index (χ1v) is 13.3. The maximum Gasteiger partial charge on any atom is 0.358 e. The molecule has 0 aliphatic carbocycles. The predicted molar refractivity (Wildman–Crippen MR) is 152 cm³/mol. The first-order valence-electron chi connectivity index (χ1n) is 13.3. The number of nitrogens with zero attached hydrogens (tertiary/aromatic N) is 4. The second kappa shape index (κ2) is 12.4. The molecule has 9 nitrogen and oxygen atoms in total. The summed E-state index contributed by atoms with van der Waals surface area (Å²) in [5, 5.41) is 4.55. The number of ether oxygens (including phenoxy) is 3. The lowest BCUT2D eigenvalue weighted by Gasteiger charge is -2.36. The van der Waals surface area contributed by atoms with Crippen molar-refractivity contribution in [3.8, 4) is 28.4 Å². The van der Waals surface area contributed by atoms with Gasteiger partial charge in [-0.2, -0.15) is 5.10 Å². The Hall–Kier alpha value is -4.79. The fourth-order valence-corrected chi connectivity index (χ4v) is 4.62. The number of amides is 1. The Labute approximate surface area is 233 Å². The molecule has 0 radical (unpaired) electrons. The van der Waals surface area contributed by atoms with Crippen molar-refractivity contribution in [1.82, 2.24) is 14.7 Å². The molecule has 0 bridgehead atoms. The second-order valence-electron chi connectivity index (χ2n) is 9.26. The van der Waals surface area contributed by atoms with Crippen LogP contribution in [0.4, 0.5) is 5.69 Å². The lowest BCUT2D eigenvalue weighted by Crippen LogP contribution is -2.50. The SMILES string of the molecule is CCOC(=O)c1cc(-c2ccc(N3CCN(C(=O)COc4ccccc4)CC3)cc2)n(-c2ccc(OC)cc2)n1. The third-order valence-corrected chi connectivity index (χ3v) is 6.78. The number of carbonyl (C=O) groups excluding carboxylic acids is 2. The Morgan fingerprint density at radius 2 is 1.50 bits per heavy atom. The standard InChI is InChI=1S/C31H32N4O5/c1-3-39-31(37)28-21-29(35(32-28)25-13-15-26(38-2)16-14-25)23-9-11-24(12-10-23)33-17-19-34(20-18-33)30(36)22-40-27-7-5-4-6-8-27/h4-16,21H,3,17-20,22H2,1-2H3. The maximum atomic E-state index is 12.6. The van der Waals surface area contributed by atoms with Crippen LogP contribution in [0, 0.1) is 0 Å². The molecular weight excluding hydrogens is 508 g/mol. The largest absolute Gasteiger partial charge is 0.497 e. The number of benzene rings is 3. The summed E-state index contributed by atoms with van der Waals surface area (Å²) in [6, 6.07) is 26.8. The molecule has 5 rings (SSSR count). The average Bonchev–Trinajstić information content (AvgIpc) is 3.46. The molecule has 1 aliphatic rings. The molecule has 206 valence electrons. The van der Waals surface area contributed by atoms with Gasteiger partial charge in [-0.25, -0.2) is 9.48 Å². The summed E-state index contributed by atoms with van der Waals surface area (Å²) in [6.45, 7) is 4.80. The van der Waals surface area contributed by atoms with Gasteiger partial charge in [-0.05, 0) is 61.5 Å². The van der Waals surface area contributed by atoms with Crippen LogP contribution >= 0.6 is 0 Å². The van der Waals surface area contributed by atoms with Crippen molar-refractivity contribution in [3.05, 3.63) is 90.6 Å². The van der Waals surface area contributed by atoms with E-state index < -0.39 is 5.97 Å². The smallest absolute Gasteiger partial charge is 0.358 e. The summed E-state index contributed by atoms with van der Waals surface area (Å²) in [7, 11) is 1.62. The highest BCUT2D eigenvalue weighted by atomic mass is 16.5. The molecule has 0 N–H and O–H groups in total. The van der Waals surface area contributed by atoms with Crippen LogP contribution in [0.5, 0.6) is 11.5 Å². The van der Waals surface area contributed by atoms with Crippen molar-refractivity contribution in [1.29, 1.82) is 0 Å². The fourth-order valence-electron chi connectivity index (χ4n) is 4.62. The number of hydrogen-bond acceptors (Lipinski definition) is 7. The van der Waals surface area contributed by atoms with E-state index in [0.29, 0.717) is 18.8 Å². The van der Waals surface area contributed by atoms with E-state index in [1.54, 1.807) is 24.8 Å². The monoisotopic (exact) mass is 540 g/mol. The van der Waals surface area contributed by atoms with Crippen LogP contribution in [0.15, 0.2) is 84.9 Å². The molecule has 1 aromatic heterocycles. The van der Waals surface area contributed by atoms with Crippen LogP contribution in [0.2, 0.25) is 0 Å². The second-order valence-corrected chi connectivity index (χ2v) is 9.26. The van der Waals surface area contributed by atoms with Gasteiger partial charge < -0.3 is 24.0 Å². The van der Waals surface area contributed by atoms with Gasteiger partial charge in [-0.1, -0.05) is 30.3 Å². The van der Waals surface area contributed by atoms with Crippen molar-refractivity contribution in [3.63, 3.8) is 0 Å². The zero-order chi connectivity index (χ0) is 27.9. The van der Waals surface area contributed by atoms with Crippen LogP contribution in [-0.2, 0) is 9.53 Å². The maximum absolute atomic E-state index is 12.6. The van der Waals surface area contributed by atoms with Gasteiger partial charge in [0.25, 0.3) is 5.91 Å². The van der Waals surface area contributed by atoms with Crippen molar-refractivity contribution >= 4 is 17.6 Å².